The van der Waals surface area contributed by atoms with Crippen LogP contribution in [0.3, 0.4) is 0 Å². The van der Waals surface area contributed by atoms with Crippen molar-refractivity contribution < 1.29 is 18.7 Å². The average molecular weight is 514 g/mol. The van der Waals surface area contributed by atoms with Gasteiger partial charge in [0.25, 0.3) is 0 Å². The van der Waals surface area contributed by atoms with Crippen molar-refractivity contribution in [1.82, 2.24) is 0 Å². The van der Waals surface area contributed by atoms with E-state index in [9.17, 15) is 9.18 Å². The highest BCUT2D eigenvalue weighted by molar-refractivity contribution is 7.17. The normalized spacial score (nSPS) is 13.8. The van der Waals surface area contributed by atoms with Crippen LogP contribution in [0.2, 0.25) is 0 Å². The number of anilines is 1. The predicted molar refractivity (Wildman–Crippen MR) is 149 cm³/mol. The fourth-order valence-corrected chi connectivity index (χ4v) is 5.81. The summed E-state index contributed by atoms with van der Waals surface area (Å²) in [7, 11) is 1.52. The van der Waals surface area contributed by atoms with Crippen molar-refractivity contribution in [2.45, 2.75) is 32.9 Å². The van der Waals surface area contributed by atoms with Crippen molar-refractivity contribution in [3.63, 3.8) is 0 Å². The Labute approximate surface area is 220 Å². The molecule has 0 radical (unpaired) electrons. The highest BCUT2D eigenvalue weighted by atomic mass is 32.1. The van der Waals surface area contributed by atoms with E-state index in [-0.39, 0.29) is 23.9 Å². The van der Waals surface area contributed by atoms with Crippen molar-refractivity contribution >= 4 is 28.6 Å². The van der Waals surface area contributed by atoms with Crippen LogP contribution in [0.15, 0.2) is 78.9 Å². The van der Waals surface area contributed by atoms with Gasteiger partial charge in [0.05, 0.1) is 12.6 Å². The molecular formula is C31H28FNO3S. The second-order valence-corrected chi connectivity index (χ2v) is 10.7. The molecule has 37 heavy (non-hydrogen) atoms. The number of benzene rings is 3. The zero-order valence-corrected chi connectivity index (χ0v) is 22.0. The number of esters is 1. The molecule has 1 N–H and O–H groups in total. The molecule has 0 amide bonds. The maximum atomic E-state index is 14.0. The molecule has 0 saturated heterocycles. The van der Waals surface area contributed by atoms with E-state index in [1.165, 1.54) is 30.6 Å². The summed E-state index contributed by atoms with van der Waals surface area (Å²) in [5, 5.41) is 3.56. The lowest BCUT2D eigenvalue weighted by molar-refractivity contribution is 0.0479. The molecule has 1 aliphatic rings. The monoisotopic (exact) mass is 513 g/mol. The Kier molecular flexibility index (Phi) is 6.61. The highest BCUT2D eigenvalue weighted by Crippen LogP contribution is 2.43. The van der Waals surface area contributed by atoms with E-state index in [4.69, 9.17) is 9.47 Å². The van der Waals surface area contributed by atoms with E-state index in [1.54, 1.807) is 12.1 Å². The first-order valence-corrected chi connectivity index (χ1v) is 12.9. The number of methoxy groups -OCH3 is 1. The lowest BCUT2D eigenvalue weighted by Crippen LogP contribution is -2.32. The molecule has 0 aliphatic carbocycles. The molecule has 0 bridgehead atoms. The fourth-order valence-electron chi connectivity index (χ4n) is 4.90. The molecule has 0 unspecified atom stereocenters. The number of carbonyl (C=O) groups excluding carboxylic acids is 1. The van der Waals surface area contributed by atoms with Crippen molar-refractivity contribution in [3.05, 3.63) is 101 Å². The molecule has 0 spiro atoms. The SMILES string of the molecule is COc1cc(F)ccc1-c1ccc2c(c1COC(=O)c1ccc(-c3ccccc3)s1)C(C)=CC(C)(C)N2. The maximum Gasteiger partial charge on any atom is 0.348 e. The molecule has 6 heteroatoms. The lowest BCUT2D eigenvalue weighted by atomic mass is 9.85. The largest absolute Gasteiger partial charge is 0.496 e. The maximum absolute atomic E-state index is 14.0. The summed E-state index contributed by atoms with van der Waals surface area (Å²) in [6.07, 6.45) is 2.16. The minimum Gasteiger partial charge on any atom is -0.496 e. The van der Waals surface area contributed by atoms with Gasteiger partial charge in [0, 0.05) is 33.3 Å². The summed E-state index contributed by atoms with van der Waals surface area (Å²) in [5.74, 6) is -0.338. The van der Waals surface area contributed by atoms with E-state index in [2.05, 4.69) is 32.2 Å². The third-order valence-electron chi connectivity index (χ3n) is 6.41. The van der Waals surface area contributed by atoms with Gasteiger partial charge in [-0.1, -0.05) is 42.5 Å². The first kappa shape index (κ1) is 24.8. The molecule has 1 aliphatic heterocycles. The summed E-state index contributed by atoms with van der Waals surface area (Å²) in [6, 6.07) is 22.2. The van der Waals surface area contributed by atoms with Crippen LogP contribution in [0.4, 0.5) is 10.1 Å². The molecule has 0 fully saturated rings. The zero-order valence-electron chi connectivity index (χ0n) is 21.2. The van der Waals surface area contributed by atoms with Gasteiger partial charge in [0.2, 0.25) is 0 Å². The van der Waals surface area contributed by atoms with Crippen molar-refractivity contribution in [2.24, 2.45) is 0 Å². The number of ether oxygens (including phenoxy) is 2. The molecule has 1 aromatic heterocycles. The highest BCUT2D eigenvalue weighted by Gasteiger charge is 2.27. The quantitative estimate of drug-likeness (QED) is 0.264. The van der Waals surface area contributed by atoms with Crippen molar-refractivity contribution in [3.8, 4) is 27.3 Å². The Morgan fingerprint density at radius 1 is 1.00 bits per heavy atom. The van der Waals surface area contributed by atoms with Gasteiger partial charge in [0.1, 0.15) is 23.1 Å². The van der Waals surface area contributed by atoms with Gasteiger partial charge in [-0.05, 0) is 67.8 Å². The van der Waals surface area contributed by atoms with Gasteiger partial charge in [-0.15, -0.1) is 11.3 Å². The first-order chi connectivity index (χ1) is 17.8. The van der Waals surface area contributed by atoms with Gasteiger partial charge in [-0.3, -0.25) is 0 Å². The van der Waals surface area contributed by atoms with E-state index < -0.39 is 0 Å². The topological polar surface area (TPSA) is 47.6 Å². The summed E-state index contributed by atoms with van der Waals surface area (Å²) in [4.78, 5) is 14.7. The van der Waals surface area contributed by atoms with Crippen molar-refractivity contribution in [1.29, 1.82) is 0 Å². The van der Waals surface area contributed by atoms with Crippen molar-refractivity contribution in [2.75, 3.05) is 12.4 Å². The number of halogens is 1. The number of rotatable bonds is 6. The van der Waals surface area contributed by atoms with Crippen LogP contribution >= 0.6 is 11.3 Å². The third-order valence-corrected chi connectivity index (χ3v) is 7.52. The number of hydrogen-bond acceptors (Lipinski definition) is 5. The van der Waals surface area contributed by atoms with Crippen LogP contribution in [-0.2, 0) is 11.3 Å². The predicted octanol–water partition coefficient (Wildman–Crippen LogP) is 8.19. The Hall–Kier alpha value is -3.90. The summed E-state index contributed by atoms with van der Waals surface area (Å²) in [5.41, 5.74) is 6.26. The average Bonchev–Trinajstić information content (AvgIpc) is 3.37. The Balaban J connectivity index is 1.52. The molecule has 5 rings (SSSR count). The van der Waals surface area contributed by atoms with E-state index in [0.717, 1.165) is 44.0 Å². The number of fused-ring (bicyclic) bond motifs is 1. The van der Waals surface area contributed by atoms with Gasteiger partial charge in [0.15, 0.2) is 0 Å². The Bertz CT molecular complexity index is 1500. The summed E-state index contributed by atoms with van der Waals surface area (Å²) >= 11 is 1.41. The van der Waals surface area contributed by atoms with Crippen LogP contribution in [0.5, 0.6) is 5.75 Å². The molecule has 3 aromatic carbocycles. The van der Waals surface area contributed by atoms with Crippen LogP contribution in [0, 0.1) is 5.82 Å². The number of thiophene rings is 1. The molecule has 2 heterocycles. The third kappa shape index (κ3) is 5.02. The van der Waals surface area contributed by atoms with Gasteiger partial charge in [-0.25, -0.2) is 9.18 Å². The Morgan fingerprint density at radius 2 is 1.76 bits per heavy atom. The van der Waals surface area contributed by atoms with E-state index in [0.29, 0.717) is 10.6 Å². The van der Waals surface area contributed by atoms with Crippen LogP contribution in [-0.4, -0.2) is 18.6 Å². The van der Waals surface area contributed by atoms with Gasteiger partial charge in [-0.2, -0.15) is 0 Å². The Morgan fingerprint density at radius 3 is 2.51 bits per heavy atom. The molecule has 188 valence electrons. The molecule has 0 saturated carbocycles. The van der Waals surface area contributed by atoms with E-state index in [1.807, 2.05) is 48.5 Å². The second kappa shape index (κ2) is 9.87. The lowest BCUT2D eigenvalue weighted by Gasteiger charge is -2.33. The molecule has 4 aromatic rings. The van der Waals surface area contributed by atoms with Crippen LogP contribution in [0.1, 0.15) is 41.6 Å². The standard InChI is InChI=1S/C31H28FNO3S/c1-19-17-31(2,3)33-25-13-12-22(23-11-10-21(32)16-26(23)35-4)24(29(19)25)18-36-30(34)28-15-14-27(37-28)20-8-6-5-7-9-20/h5-17,33H,18H2,1-4H3. The second-order valence-electron chi connectivity index (χ2n) is 9.64. The molecule has 0 atom stereocenters. The summed E-state index contributed by atoms with van der Waals surface area (Å²) < 4.78 is 25.4. The number of carbonyl (C=O) groups is 1. The van der Waals surface area contributed by atoms with E-state index >= 15 is 0 Å². The van der Waals surface area contributed by atoms with Gasteiger partial charge < -0.3 is 14.8 Å². The minimum absolute atomic E-state index is 0.0593. The fraction of sp³-hybridized carbons (Fsp3) is 0.194. The van der Waals surface area contributed by atoms with Crippen LogP contribution < -0.4 is 10.1 Å². The molecule has 4 nitrogen and oxygen atoms in total. The van der Waals surface area contributed by atoms with Gasteiger partial charge >= 0.3 is 5.97 Å². The summed E-state index contributed by atoms with van der Waals surface area (Å²) in [6.45, 7) is 6.34. The van der Waals surface area contributed by atoms with Crippen LogP contribution in [0.25, 0.3) is 27.1 Å². The smallest absolute Gasteiger partial charge is 0.348 e. The zero-order chi connectivity index (χ0) is 26.2. The number of nitrogens with one attached hydrogen (secondary N) is 1. The minimum atomic E-state index is -0.382. The molecular weight excluding hydrogens is 485 g/mol. The first-order valence-electron chi connectivity index (χ1n) is 12.1. The number of hydrogen-bond donors (Lipinski definition) is 1. The number of allylic oxidation sites excluding steroid dienone is 1.